The van der Waals surface area contributed by atoms with Crippen molar-refractivity contribution in [3.8, 4) is 0 Å². The second kappa shape index (κ2) is 7.16. The number of nitrogens with two attached hydrogens (primary N) is 1. The van der Waals surface area contributed by atoms with E-state index in [-0.39, 0.29) is 17.1 Å². The lowest BCUT2D eigenvalue weighted by molar-refractivity contribution is 0.574. The van der Waals surface area contributed by atoms with Crippen molar-refractivity contribution in [1.29, 1.82) is 0 Å². The Balaban J connectivity index is 2.87. The third kappa shape index (κ3) is 5.96. The first-order valence-corrected chi connectivity index (χ1v) is 9.50. The van der Waals surface area contributed by atoms with Gasteiger partial charge in [-0.2, -0.15) is 0 Å². The number of unbranched alkanes of at least 4 members (excludes halogenated alkanes) is 1. The maximum absolute atomic E-state index is 13.7. The van der Waals surface area contributed by atoms with Crippen molar-refractivity contribution in [2.75, 3.05) is 24.1 Å². The van der Waals surface area contributed by atoms with Gasteiger partial charge < -0.3 is 5.73 Å². The van der Waals surface area contributed by atoms with Crippen molar-refractivity contribution >= 4 is 25.7 Å². The Kier molecular flexibility index (Phi) is 6.08. The zero-order chi connectivity index (χ0) is 16.1. The zero-order valence-electron chi connectivity index (χ0n) is 11.5. The molecule has 4 N–H and O–H groups in total. The molecule has 120 valence electrons. The van der Waals surface area contributed by atoms with E-state index >= 15 is 0 Å². The topological polar surface area (TPSA) is 118 Å². The molecule has 0 spiro atoms. The second-order valence-corrected chi connectivity index (χ2v) is 7.92. The van der Waals surface area contributed by atoms with E-state index in [2.05, 4.69) is 4.72 Å². The van der Waals surface area contributed by atoms with Gasteiger partial charge in [-0.05, 0) is 37.6 Å². The molecule has 1 aromatic carbocycles. The monoisotopic (exact) mass is 339 g/mol. The van der Waals surface area contributed by atoms with Crippen molar-refractivity contribution in [2.45, 2.75) is 17.7 Å². The zero-order valence-corrected chi connectivity index (χ0v) is 13.1. The molecule has 0 amide bonds. The smallest absolute Gasteiger partial charge is 0.240 e. The van der Waals surface area contributed by atoms with Crippen LogP contribution in [0, 0.1) is 5.82 Å². The molecule has 1 rings (SSSR count). The minimum absolute atomic E-state index is 0.199. The fraction of sp³-hybridized carbons (Fsp3) is 0.455. The summed E-state index contributed by atoms with van der Waals surface area (Å²) in [7, 11) is -7.47. The van der Waals surface area contributed by atoms with Crippen LogP contribution in [0.15, 0.2) is 23.1 Å². The first kappa shape index (κ1) is 17.8. The van der Waals surface area contributed by atoms with Crippen molar-refractivity contribution < 1.29 is 21.2 Å². The summed E-state index contributed by atoms with van der Waals surface area (Å²) < 4.78 is 63.8. The van der Waals surface area contributed by atoms with Gasteiger partial charge in [0.05, 0.1) is 16.8 Å². The molecule has 0 aliphatic heterocycles. The molecule has 0 saturated carbocycles. The van der Waals surface area contributed by atoms with Gasteiger partial charge in [-0.3, -0.25) is 4.72 Å². The highest BCUT2D eigenvalue weighted by molar-refractivity contribution is 7.92. The summed E-state index contributed by atoms with van der Waals surface area (Å²) in [6, 6.07) is 2.95. The molecule has 0 fully saturated rings. The van der Waals surface area contributed by atoms with E-state index in [0.717, 1.165) is 24.5 Å². The van der Waals surface area contributed by atoms with Gasteiger partial charge in [-0.15, -0.1) is 0 Å². The Labute approximate surface area is 123 Å². The van der Waals surface area contributed by atoms with Gasteiger partial charge in [-0.1, -0.05) is 0 Å². The first-order chi connectivity index (χ1) is 9.65. The minimum atomic E-state index is -3.83. The number of nitrogens with one attached hydrogen (secondary N) is 2. The largest absolute Gasteiger partial charge is 0.330 e. The van der Waals surface area contributed by atoms with E-state index in [0.29, 0.717) is 19.4 Å². The average Bonchev–Trinajstić information content (AvgIpc) is 2.35. The van der Waals surface area contributed by atoms with Crippen LogP contribution in [-0.2, 0) is 20.0 Å². The van der Waals surface area contributed by atoms with Crippen LogP contribution in [0.2, 0.25) is 0 Å². The van der Waals surface area contributed by atoms with Crippen molar-refractivity contribution in [3.05, 3.63) is 24.0 Å². The third-order valence-electron chi connectivity index (χ3n) is 2.47. The lowest BCUT2D eigenvalue weighted by Gasteiger charge is -2.09. The minimum Gasteiger partial charge on any atom is -0.330 e. The van der Waals surface area contributed by atoms with E-state index in [9.17, 15) is 21.2 Å². The fourth-order valence-electron chi connectivity index (χ4n) is 1.50. The molecular weight excluding hydrogens is 321 g/mol. The molecule has 0 heterocycles. The van der Waals surface area contributed by atoms with Crippen LogP contribution in [0.3, 0.4) is 0 Å². The molecule has 0 radical (unpaired) electrons. The molecule has 0 aromatic heterocycles. The average molecular weight is 339 g/mol. The lowest BCUT2D eigenvalue weighted by atomic mass is 10.3. The highest BCUT2D eigenvalue weighted by Crippen LogP contribution is 2.19. The number of sulfonamides is 2. The van der Waals surface area contributed by atoms with Gasteiger partial charge in [-0.25, -0.2) is 25.9 Å². The summed E-state index contributed by atoms with van der Waals surface area (Å²) in [6.45, 7) is 0.659. The number of anilines is 1. The van der Waals surface area contributed by atoms with Crippen LogP contribution in [0.25, 0.3) is 0 Å². The Morgan fingerprint density at radius 2 is 1.86 bits per heavy atom. The maximum Gasteiger partial charge on any atom is 0.240 e. The summed E-state index contributed by atoms with van der Waals surface area (Å²) in [5, 5.41) is 0. The number of benzene rings is 1. The van der Waals surface area contributed by atoms with Crippen LogP contribution in [-0.4, -0.2) is 36.2 Å². The van der Waals surface area contributed by atoms with Crippen LogP contribution in [0.5, 0.6) is 0 Å². The summed E-state index contributed by atoms with van der Waals surface area (Å²) in [5.41, 5.74) is 4.99. The number of hydrogen-bond donors (Lipinski definition) is 3. The van der Waals surface area contributed by atoms with Gasteiger partial charge >= 0.3 is 0 Å². The molecule has 21 heavy (non-hydrogen) atoms. The molecule has 1 aromatic rings. The Bertz CT molecular complexity index is 689. The highest BCUT2D eigenvalue weighted by atomic mass is 32.2. The quantitative estimate of drug-likeness (QED) is 0.585. The van der Waals surface area contributed by atoms with Gasteiger partial charge in [0.15, 0.2) is 0 Å². The number of rotatable bonds is 8. The van der Waals surface area contributed by atoms with Crippen molar-refractivity contribution in [1.82, 2.24) is 4.72 Å². The third-order valence-corrected chi connectivity index (χ3v) is 4.52. The molecule has 0 aliphatic rings. The summed E-state index contributed by atoms with van der Waals surface area (Å²) in [4.78, 5) is -0.271. The van der Waals surface area contributed by atoms with Crippen LogP contribution in [0.1, 0.15) is 12.8 Å². The van der Waals surface area contributed by atoms with Crippen molar-refractivity contribution in [3.63, 3.8) is 0 Å². The van der Waals surface area contributed by atoms with Gasteiger partial charge in [0.1, 0.15) is 5.82 Å². The maximum atomic E-state index is 13.7. The second-order valence-electron chi connectivity index (χ2n) is 4.41. The number of halogens is 1. The molecule has 0 unspecified atom stereocenters. The predicted octanol–water partition coefficient (Wildman–Crippen LogP) is 0.214. The van der Waals surface area contributed by atoms with Crippen LogP contribution < -0.4 is 15.2 Å². The normalized spacial score (nSPS) is 12.3. The SMILES string of the molecule is CS(=O)(=O)Nc1ccc(S(=O)(=O)NCCCCN)cc1F. The molecule has 0 saturated heterocycles. The van der Waals surface area contributed by atoms with E-state index in [1.54, 1.807) is 0 Å². The van der Waals surface area contributed by atoms with Crippen LogP contribution in [0.4, 0.5) is 10.1 Å². The molecule has 0 aliphatic carbocycles. The summed E-state index contributed by atoms with van der Waals surface area (Å²) in [5.74, 6) is -0.967. The van der Waals surface area contributed by atoms with E-state index in [4.69, 9.17) is 5.73 Å². The van der Waals surface area contributed by atoms with Gasteiger partial charge in [0.25, 0.3) is 0 Å². The first-order valence-electron chi connectivity index (χ1n) is 6.13. The fourth-order valence-corrected chi connectivity index (χ4v) is 3.16. The Hall–Kier alpha value is -1.23. The summed E-state index contributed by atoms with van der Waals surface area (Å²) >= 11 is 0. The Morgan fingerprint density at radius 1 is 1.19 bits per heavy atom. The van der Waals surface area contributed by atoms with E-state index in [1.807, 2.05) is 4.72 Å². The lowest BCUT2D eigenvalue weighted by Crippen LogP contribution is -2.25. The molecule has 0 atom stereocenters. The number of hydrogen-bond acceptors (Lipinski definition) is 5. The van der Waals surface area contributed by atoms with Gasteiger partial charge in [0, 0.05) is 6.54 Å². The molecular formula is C11H18FN3O4S2. The molecule has 10 heteroatoms. The van der Waals surface area contributed by atoms with Crippen molar-refractivity contribution in [2.24, 2.45) is 5.73 Å². The molecule has 7 nitrogen and oxygen atoms in total. The predicted molar refractivity (Wildman–Crippen MR) is 78.3 cm³/mol. The van der Waals surface area contributed by atoms with Gasteiger partial charge in [0.2, 0.25) is 20.0 Å². The van der Waals surface area contributed by atoms with E-state index < -0.39 is 25.9 Å². The highest BCUT2D eigenvalue weighted by Gasteiger charge is 2.16. The van der Waals surface area contributed by atoms with E-state index in [1.165, 1.54) is 0 Å². The summed E-state index contributed by atoms with van der Waals surface area (Å²) in [6.07, 6.45) is 2.12. The van der Waals surface area contributed by atoms with Crippen LogP contribution >= 0.6 is 0 Å². The standard InChI is InChI=1S/C11H18FN3O4S2/c1-20(16,17)15-11-5-4-9(8-10(11)12)21(18,19)14-7-3-2-6-13/h4-5,8,14-15H,2-3,6-7,13H2,1H3. The Morgan fingerprint density at radius 3 is 2.38 bits per heavy atom. The molecule has 0 bridgehead atoms.